The van der Waals surface area contributed by atoms with Crippen molar-refractivity contribution in [2.75, 3.05) is 13.1 Å². The van der Waals surface area contributed by atoms with Crippen molar-refractivity contribution < 1.29 is 9.59 Å². The Morgan fingerprint density at radius 3 is 1.33 bits per heavy atom. The van der Waals surface area contributed by atoms with E-state index in [0.29, 0.717) is 22.5 Å². The number of thiophene rings is 2. The SMILES string of the molecule is C[Si](C)(C)C#CCN1C(=O)C2=C(c3ccc(Br)s3)N(CC#C[Si](C)(C)C)C(=O)C2=C1c1ccc(Br)s1. The Hall–Kier alpha value is -1.67. The molecule has 4 rings (SSSR count). The largest absolute Gasteiger partial charge is 0.294 e. The molecular weight excluding hydrogens is 652 g/mol. The van der Waals surface area contributed by atoms with E-state index >= 15 is 0 Å². The molecule has 0 fully saturated rings. The van der Waals surface area contributed by atoms with Gasteiger partial charge in [-0.05, 0) is 56.1 Å². The van der Waals surface area contributed by atoms with E-state index in [1.807, 2.05) is 24.3 Å². The van der Waals surface area contributed by atoms with E-state index in [4.69, 9.17) is 0 Å². The molecule has 0 spiro atoms. The fourth-order valence-corrected chi connectivity index (χ4v) is 7.97. The standard InChI is InChI=1S/C26H26Br2N2O2S2Si2/c1-35(2,3)15-7-13-29-23(17-9-11-19(27)33-17)21-22(25(29)31)24(18-10-12-20(28)34-18)30(26(21)32)14-8-16-36(4,5)6/h9-12H,13-14H2,1-6H3. The number of hydrogen-bond acceptors (Lipinski definition) is 4. The first kappa shape index (κ1) is 27.4. The van der Waals surface area contributed by atoms with Crippen molar-refractivity contribution in [2.45, 2.75) is 39.3 Å². The maximum Gasteiger partial charge on any atom is 0.262 e. The maximum atomic E-state index is 14.0. The molecule has 0 radical (unpaired) electrons. The molecule has 36 heavy (non-hydrogen) atoms. The number of rotatable bonds is 4. The van der Waals surface area contributed by atoms with Gasteiger partial charge in [0.2, 0.25) is 0 Å². The van der Waals surface area contributed by atoms with Crippen molar-refractivity contribution in [3.05, 3.63) is 52.7 Å². The quantitative estimate of drug-likeness (QED) is 0.261. The Morgan fingerprint density at radius 1 is 0.694 bits per heavy atom. The van der Waals surface area contributed by atoms with Gasteiger partial charge in [-0.2, -0.15) is 0 Å². The molecule has 0 saturated carbocycles. The minimum Gasteiger partial charge on any atom is -0.294 e. The van der Waals surface area contributed by atoms with E-state index in [1.165, 1.54) is 22.7 Å². The van der Waals surface area contributed by atoms with Crippen LogP contribution >= 0.6 is 54.5 Å². The number of halogens is 2. The van der Waals surface area contributed by atoms with Crippen LogP contribution in [0.4, 0.5) is 0 Å². The van der Waals surface area contributed by atoms with Crippen LogP contribution in [0.5, 0.6) is 0 Å². The van der Waals surface area contributed by atoms with Crippen LogP contribution in [0.2, 0.25) is 39.3 Å². The third-order valence-corrected chi connectivity index (χ3v) is 10.3. The molecule has 186 valence electrons. The molecule has 0 aromatic carbocycles. The van der Waals surface area contributed by atoms with Crippen molar-refractivity contribution in [1.29, 1.82) is 0 Å². The highest BCUT2D eigenvalue weighted by Gasteiger charge is 2.49. The van der Waals surface area contributed by atoms with Gasteiger partial charge in [0, 0.05) is 0 Å². The van der Waals surface area contributed by atoms with Crippen molar-refractivity contribution in [1.82, 2.24) is 9.80 Å². The van der Waals surface area contributed by atoms with Gasteiger partial charge in [-0.1, -0.05) is 51.1 Å². The summed E-state index contributed by atoms with van der Waals surface area (Å²) in [6.45, 7) is 13.6. The number of fused-ring (bicyclic) bond motifs is 1. The molecule has 0 bridgehead atoms. The summed E-state index contributed by atoms with van der Waals surface area (Å²) in [5.74, 6) is 6.11. The second-order valence-electron chi connectivity index (χ2n) is 10.5. The number of amides is 2. The Kier molecular flexibility index (Phi) is 7.79. The zero-order chi connectivity index (χ0) is 26.4. The van der Waals surface area contributed by atoms with Gasteiger partial charge in [0.15, 0.2) is 0 Å². The van der Waals surface area contributed by atoms with E-state index in [9.17, 15) is 9.59 Å². The smallest absolute Gasteiger partial charge is 0.262 e. The Balaban J connectivity index is 1.91. The van der Waals surface area contributed by atoms with Crippen molar-refractivity contribution in [2.24, 2.45) is 0 Å². The number of nitrogens with zero attached hydrogens (tertiary/aromatic N) is 2. The fraction of sp³-hybridized carbons (Fsp3) is 0.308. The molecule has 4 heterocycles. The van der Waals surface area contributed by atoms with Gasteiger partial charge in [-0.25, -0.2) is 0 Å². The van der Waals surface area contributed by atoms with Gasteiger partial charge in [0.1, 0.15) is 16.1 Å². The van der Waals surface area contributed by atoms with Crippen LogP contribution in [0.1, 0.15) is 9.75 Å². The molecule has 0 atom stereocenters. The Labute approximate surface area is 239 Å². The van der Waals surface area contributed by atoms with Gasteiger partial charge in [0.05, 0.1) is 53.0 Å². The third-order valence-electron chi connectivity index (χ3n) is 5.20. The van der Waals surface area contributed by atoms with Gasteiger partial charge in [-0.15, -0.1) is 33.8 Å². The van der Waals surface area contributed by atoms with Crippen molar-refractivity contribution in [3.63, 3.8) is 0 Å². The average Bonchev–Trinajstić information content (AvgIpc) is 3.49. The van der Waals surface area contributed by atoms with E-state index < -0.39 is 16.1 Å². The molecule has 0 unspecified atom stereocenters. The van der Waals surface area contributed by atoms with Crippen LogP contribution in [0.3, 0.4) is 0 Å². The summed E-state index contributed by atoms with van der Waals surface area (Å²) < 4.78 is 1.88. The number of carbonyl (C=O) groups excluding carboxylic acids is 2. The van der Waals surface area contributed by atoms with E-state index in [1.54, 1.807) is 9.80 Å². The molecular formula is C26H26Br2N2O2S2Si2. The highest BCUT2D eigenvalue weighted by atomic mass is 79.9. The summed E-state index contributed by atoms with van der Waals surface area (Å²) in [5.41, 5.74) is 8.92. The molecule has 2 aliphatic heterocycles. The van der Waals surface area contributed by atoms with Crippen LogP contribution in [0.25, 0.3) is 11.4 Å². The molecule has 2 aromatic rings. The van der Waals surface area contributed by atoms with Crippen LogP contribution < -0.4 is 0 Å². The minimum absolute atomic E-state index is 0.178. The van der Waals surface area contributed by atoms with Crippen LogP contribution in [-0.4, -0.2) is 50.9 Å². The third kappa shape index (κ3) is 5.75. The van der Waals surface area contributed by atoms with Gasteiger partial charge in [-0.3, -0.25) is 19.4 Å². The topological polar surface area (TPSA) is 40.6 Å². The van der Waals surface area contributed by atoms with E-state index in [0.717, 1.165) is 17.3 Å². The zero-order valence-corrected chi connectivity index (χ0v) is 27.8. The first-order chi connectivity index (χ1) is 16.8. The summed E-state index contributed by atoms with van der Waals surface area (Å²) in [4.78, 5) is 33.1. The summed E-state index contributed by atoms with van der Waals surface area (Å²) in [6.07, 6.45) is 0. The normalized spacial score (nSPS) is 15.9. The zero-order valence-electron chi connectivity index (χ0n) is 21.0. The predicted octanol–water partition coefficient (Wildman–Crippen LogP) is 6.90. The van der Waals surface area contributed by atoms with Gasteiger partial charge >= 0.3 is 0 Å². The van der Waals surface area contributed by atoms with Crippen LogP contribution in [-0.2, 0) is 9.59 Å². The summed E-state index contributed by atoms with van der Waals surface area (Å²) in [6, 6.07) is 7.79. The fourth-order valence-electron chi connectivity index (χ4n) is 3.86. The predicted molar refractivity (Wildman–Crippen MR) is 164 cm³/mol. The molecule has 10 heteroatoms. The first-order valence-corrected chi connectivity index (χ1v) is 21.6. The first-order valence-electron chi connectivity index (χ1n) is 11.4. The molecule has 2 aromatic heterocycles. The summed E-state index contributed by atoms with van der Waals surface area (Å²) in [7, 11) is -3.24. The minimum atomic E-state index is -1.62. The lowest BCUT2D eigenvalue weighted by Gasteiger charge is -2.22. The molecule has 4 nitrogen and oxygen atoms in total. The van der Waals surface area contributed by atoms with Crippen molar-refractivity contribution in [3.8, 4) is 22.9 Å². The lowest BCUT2D eigenvalue weighted by Crippen LogP contribution is -2.30. The second kappa shape index (κ2) is 10.2. The Bertz CT molecular complexity index is 1340. The average molecular weight is 679 g/mol. The van der Waals surface area contributed by atoms with E-state index in [-0.39, 0.29) is 24.9 Å². The van der Waals surface area contributed by atoms with Crippen LogP contribution in [0, 0.1) is 22.9 Å². The maximum absolute atomic E-state index is 14.0. The molecule has 2 aliphatic rings. The monoisotopic (exact) mass is 676 g/mol. The lowest BCUT2D eigenvalue weighted by molar-refractivity contribution is -0.123. The summed E-state index contributed by atoms with van der Waals surface area (Å²) in [5, 5.41) is 0. The summed E-state index contributed by atoms with van der Waals surface area (Å²) >= 11 is 10.1. The van der Waals surface area contributed by atoms with Crippen LogP contribution in [0.15, 0.2) is 43.0 Å². The molecule has 0 saturated heterocycles. The lowest BCUT2D eigenvalue weighted by atomic mass is 10.1. The van der Waals surface area contributed by atoms with Gasteiger partial charge in [0.25, 0.3) is 11.8 Å². The highest BCUT2D eigenvalue weighted by molar-refractivity contribution is 9.11. The number of hydrogen-bond donors (Lipinski definition) is 0. The number of carbonyl (C=O) groups is 2. The Morgan fingerprint density at radius 2 is 1.06 bits per heavy atom. The molecule has 2 amide bonds. The second-order valence-corrected chi connectivity index (χ2v) is 25.0. The molecule has 0 N–H and O–H groups in total. The van der Waals surface area contributed by atoms with E-state index in [2.05, 4.69) is 94.1 Å². The van der Waals surface area contributed by atoms with Crippen molar-refractivity contribution >= 4 is 93.9 Å². The highest BCUT2D eigenvalue weighted by Crippen LogP contribution is 2.48. The molecule has 0 aliphatic carbocycles. The van der Waals surface area contributed by atoms with Gasteiger partial charge < -0.3 is 0 Å².